The minimum Gasteiger partial charge on any atom is -0.455 e. The minimum absolute atomic E-state index is 0.0169. The topological polar surface area (TPSA) is 105 Å². The summed E-state index contributed by atoms with van der Waals surface area (Å²) in [7, 11) is -6.82. The Morgan fingerprint density at radius 2 is 2.00 bits per heavy atom. The van der Waals surface area contributed by atoms with Gasteiger partial charge in [-0.3, -0.25) is 4.79 Å². The smallest absolute Gasteiger partial charge is 0.289 e. The van der Waals surface area contributed by atoms with Gasteiger partial charge in [-0.2, -0.15) is 4.31 Å². The van der Waals surface area contributed by atoms with Gasteiger partial charge >= 0.3 is 0 Å². The first-order chi connectivity index (χ1) is 12.7. The zero-order valence-electron chi connectivity index (χ0n) is 15.7. The molecule has 0 N–H and O–H groups in total. The summed E-state index contributed by atoms with van der Waals surface area (Å²) in [6.07, 6.45) is 2.71. The number of hydrogen-bond donors (Lipinski definition) is 0. The van der Waals surface area contributed by atoms with Crippen molar-refractivity contribution < 1.29 is 26.0 Å². The van der Waals surface area contributed by atoms with Crippen molar-refractivity contribution in [3.05, 3.63) is 17.6 Å². The molecule has 1 aromatic heterocycles. The minimum atomic E-state index is -3.68. The van der Waals surface area contributed by atoms with Gasteiger partial charge in [-0.1, -0.05) is 6.92 Å². The van der Waals surface area contributed by atoms with Crippen LogP contribution in [0.3, 0.4) is 0 Å². The van der Waals surface area contributed by atoms with Crippen molar-refractivity contribution in [2.75, 3.05) is 31.1 Å². The summed E-state index contributed by atoms with van der Waals surface area (Å²) in [5.41, 5.74) is 0. The molecule has 1 atom stereocenters. The average Bonchev–Trinajstić information content (AvgIpc) is 3.32. The van der Waals surface area contributed by atoms with Gasteiger partial charge in [0.2, 0.25) is 10.0 Å². The maximum Gasteiger partial charge on any atom is 0.289 e. The highest BCUT2D eigenvalue weighted by molar-refractivity contribution is 7.91. The van der Waals surface area contributed by atoms with Gasteiger partial charge in [0.1, 0.15) is 10.7 Å². The Bertz CT molecular complexity index is 913. The Morgan fingerprint density at radius 3 is 2.56 bits per heavy atom. The molecule has 0 spiro atoms. The van der Waals surface area contributed by atoms with E-state index >= 15 is 0 Å². The average molecular weight is 419 g/mol. The van der Waals surface area contributed by atoms with E-state index < -0.39 is 31.8 Å². The van der Waals surface area contributed by atoms with Gasteiger partial charge in [-0.25, -0.2) is 16.8 Å². The largest absolute Gasteiger partial charge is 0.455 e. The molecule has 0 bridgehead atoms. The molecule has 0 radical (unpaired) electrons. The number of hydrogen-bond acceptors (Lipinski definition) is 6. The monoisotopic (exact) mass is 418 g/mol. The fourth-order valence-electron chi connectivity index (χ4n) is 3.75. The Kier molecular flexibility index (Phi) is 5.69. The number of sulfonamides is 1. The molecule has 0 aromatic carbocycles. The quantitative estimate of drug-likeness (QED) is 0.692. The molecule has 0 aliphatic carbocycles. The summed E-state index contributed by atoms with van der Waals surface area (Å²) in [6.45, 7) is 4.77. The predicted octanol–water partition coefficient (Wildman–Crippen LogP) is 1.41. The lowest BCUT2D eigenvalue weighted by atomic mass is 10.2. The van der Waals surface area contributed by atoms with Crippen LogP contribution in [0.25, 0.3) is 0 Å². The van der Waals surface area contributed by atoms with Gasteiger partial charge in [-0.05, 0) is 32.6 Å². The first-order valence-electron chi connectivity index (χ1n) is 9.27. The molecule has 1 amide bonds. The lowest BCUT2D eigenvalue weighted by Crippen LogP contribution is -2.41. The second-order valence-corrected chi connectivity index (χ2v) is 11.3. The number of nitrogens with zero attached hydrogens (tertiary/aromatic N) is 2. The summed E-state index contributed by atoms with van der Waals surface area (Å²) in [5, 5.41) is 0. The van der Waals surface area contributed by atoms with Crippen molar-refractivity contribution in [3.8, 4) is 0 Å². The van der Waals surface area contributed by atoms with Crippen LogP contribution in [0.5, 0.6) is 0 Å². The van der Waals surface area contributed by atoms with Crippen LogP contribution in [0, 0.1) is 6.92 Å². The number of rotatable bonds is 6. The molecule has 10 heteroatoms. The number of amides is 1. The van der Waals surface area contributed by atoms with E-state index in [1.54, 1.807) is 0 Å². The SMILES string of the molecule is CCCN(C(=O)c1cc(S(=O)(=O)N2CCCC2)c(C)o1)C1CCS(=O)(=O)C1. The number of sulfone groups is 1. The molecule has 3 rings (SSSR count). The van der Waals surface area contributed by atoms with E-state index in [9.17, 15) is 21.6 Å². The first kappa shape index (κ1) is 20.3. The van der Waals surface area contributed by atoms with Crippen molar-refractivity contribution >= 4 is 25.8 Å². The Hall–Kier alpha value is -1.39. The number of aryl methyl sites for hydroxylation is 1. The van der Waals surface area contributed by atoms with Gasteiger partial charge in [0.25, 0.3) is 5.91 Å². The van der Waals surface area contributed by atoms with Crippen LogP contribution in [-0.4, -0.2) is 69.1 Å². The van der Waals surface area contributed by atoms with Crippen LogP contribution in [0.15, 0.2) is 15.4 Å². The highest BCUT2D eigenvalue weighted by Crippen LogP contribution is 2.28. The van der Waals surface area contributed by atoms with Crippen LogP contribution in [0.2, 0.25) is 0 Å². The third kappa shape index (κ3) is 4.07. The molecule has 3 heterocycles. The van der Waals surface area contributed by atoms with Gasteiger partial charge in [-0.15, -0.1) is 0 Å². The van der Waals surface area contributed by atoms with Gasteiger partial charge < -0.3 is 9.32 Å². The van der Waals surface area contributed by atoms with Gasteiger partial charge in [0.15, 0.2) is 15.6 Å². The predicted molar refractivity (Wildman–Crippen MR) is 99.8 cm³/mol. The zero-order chi connectivity index (χ0) is 19.8. The summed E-state index contributed by atoms with van der Waals surface area (Å²) >= 11 is 0. The normalized spacial score (nSPS) is 23.0. The molecule has 2 saturated heterocycles. The van der Waals surface area contributed by atoms with E-state index in [1.807, 2.05) is 6.92 Å². The van der Waals surface area contributed by atoms with Crippen LogP contribution in [0.1, 0.15) is 48.9 Å². The second kappa shape index (κ2) is 7.56. The van der Waals surface area contributed by atoms with Crippen molar-refractivity contribution in [3.63, 3.8) is 0 Å². The van der Waals surface area contributed by atoms with Gasteiger partial charge in [0, 0.05) is 31.7 Å². The molecule has 8 nitrogen and oxygen atoms in total. The molecule has 2 aliphatic rings. The molecule has 1 aromatic rings. The van der Waals surface area contributed by atoms with Crippen LogP contribution < -0.4 is 0 Å². The maximum absolute atomic E-state index is 13.0. The van der Waals surface area contributed by atoms with E-state index in [0.717, 1.165) is 12.8 Å². The Labute approximate surface area is 160 Å². The molecule has 27 heavy (non-hydrogen) atoms. The molecular weight excluding hydrogens is 392 g/mol. The molecule has 2 aliphatic heterocycles. The summed E-state index contributed by atoms with van der Waals surface area (Å²) in [5.74, 6) is -0.317. The molecule has 0 saturated carbocycles. The van der Waals surface area contributed by atoms with E-state index in [4.69, 9.17) is 4.42 Å². The van der Waals surface area contributed by atoms with Crippen LogP contribution in [0.4, 0.5) is 0 Å². The fourth-order valence-corrected chi connectivity index (χ4v) is 7.16. The lowest BCUT2D eigenvalue weighted by Gasteiger charge is -2.26. The summed E-state index contributed by atoms with van der Waals surface area (Å²) in [4.78, 5) is 14.5. The van der Waals surface area contributed by atoms with Crippen molar-refractivity contribution in [2.24, 2.45) is 0 Å². The Balaban J connectivity index is 1.88. The van der Waals surface area contributed by atoms with Crippen molar-refractivity contribution in [1.29, 1.82) is 0 Å². The summed E-state index contributed by atoms with van der Waals surface area (Å²) in [6, 6.07) is 0.892. The van der Waals surface area contributed by atoms with E-state index in [-0.39, 0.29) is 27.9 Å². The van der Waals surface area contributed by atoms with E-state index in [2.05, 4.69) is 0 Å². The van der Waals surface area contributed by atoms with Gasteiger partial charge in [0.05, 0.1) is 11.5 Å². The number of furan rings is 1. The number of carbonyl (C=O) groups is 1. The standard InChI is InChI=1S/C17H26N2O6S2/c1-3-7-19(14-6-10-26(21,22)12-14)17(20)15-11-16(13(2)25-15)27(23,24)18-8-4-5-9-18/h11,14H,3-10,12H2,1-2H3. The third-order valence-corrected chi connectivity index (χ3v) is 8.90. The first-order valence-corrected chi connectivity index (χ1v) is 12.5. The fraction of sp³-hybridized carbons (Fsp3) is 0.706. The highest BCUT2D eigenvalue weighted by Gasteiger charge is 2.37. The second-order valence-electron chi connectivity index (χ2n) is 7.20. The third-order valence-electron chi connectivity index (χ3n) is 5.14. The van der Waals surface area contributed by atoms with Crippen molar-refractivity contribution in [2.45, 2.75) is 50.5 Å². The Morgan fingerprint density at radius 1 is 1.33 bits per heavy atom. The van der Waals surface area contributed by atoms with E-state index in [1.165, 1.54) is 22.2 Å². The maximum atomic E-state index is 13.0. The number of carbonyl (C=O) groups excluding carboxylic acids is 1. The van der Waals surface area contributed by atoms with Crippen LogP contribution >= 0.6 is 0 Å². The molecule has 152 valence electrons. The van der Waals surface area contributed by atoms with Crippen molar-refractivity contribution in [1.82, 2.24) is 9.21 Å². The summed E-state index contributed by atoms with van der Waals surface area (Å²) < 4.78 is 56.1. The molecular formula is C17H26N2O6S2. The lowest BCUT2D eigenvalue weighted by molar-refractivity contribution is 0.0663. The van der Waals surface area contributed by atoms with E-state index in [0.29, 0.717) is 32.5 Å². The molecule has 2 fully saturated rings. The van der Waals surface area contributed by atoms with Crippen LogP contribution in [-0.2, 0) is 19.9 Å². The zero-order valence-corrected chi connectivity index (χ0v) is 17.3. The molecule has 1 unspecified atom stereocenters. The highest BCUT2D eigenvalue weighted by atomic mass is 32.2.